The molecule has 104 valence electrons. The molecule has 2 aliphatic heterocycles. The van der Waals surface area contributed by atoms with E-state index in [9.17, 15) is 4.79 Å². The third-order valence-corrected chi connectivity index (χ3v) is 4.17. The number of halogens is 2. The van der Waals surface area contributed by atoms with E-state index in [1.165, 1.54) is 0 Å². The van der Waals surface area contributed by atoms with Crippen molar-refractivity contribution in [3.63, 3.8) is 0 Å². The highest BCUT2D eigenvalue weighted by molar-refractivity contribution is 9.10. The summed E-state index contributed by atoms with van der Waals surface area (Å²) in [6.45, 7) is 0. The molecule has 0 radical (unpaired) electrons. The summed E-state index contributed by atoms with van der Waals surface area (Å²) in [5.74, 6) is -0.110. The average Bonchev–Trinajstić information content (AvgIpc) is 2.90. The van der Waals surface area contributed by atoms with Crippen molar-refractivity contribution in [3.05, 3.63) is 28.2 Å². The van der Waals surface area contributed by atoms with Gasteiger partial charge in [0.15, 0.2) is 0 Å². The summed E-state index contributed by atoms with van der Waals surface area (Å²) in [5.41, 5.74) is 6.87. The maximum atomic E-state index is 12.1. The second-order valence-electron chi connectivity index (χ2n) is 4.92. The number of ether oxygens (including phenoxy) is 1. The van der Waals surface area contributed by atoms with Crippen LogP contribution in [-0.2, 0) is 4.74 Å². The van der Waals surface area contributed by atoms with Crippen LogP contribution in [0, 0.1) is 0 Å². The summed E-state index contributed by atoms with van der Waals surface area (Å²) in [4.78, 5) is 12.1. The van der Waals surface area contributed by atoms with Crippen molar-refractivity contribution in [3.8, 4) is 0 Å². The zero-order valence-corrected chi connectivity index (χ0v) is 12.7. The molecular weight excluding hydrogens is 332 g/mol. The predicted octanol–water partition coefficient (Wildman–Crippen LogP) is 2.50. The zero-order chi connectivity index (χ0) is 12.7. The molecule has 3 N–H and O–H groups in total. The number of carbonyl (C=O) groups excluding carboxylic acids is 1. The van der Waals surface area contributed by atoms with Crippen molar-refractivity contribution in [1.29, 1.82) is 0 Å². The van der Waals surface area contributed by atoms with Crippen molar-refractivity contribution in [2.24, 2.45) is 0 Å². The molecule has 0 saturated carbocycles. The third kappa shape index (κ3) is 2.88. The van der Waals surface area contributed by atoms with Crippen LogP contribution >= 0.6 is 28.3 Å². The molecule has 19 heavy (non-hydrogen) atoms. The quantitative estimate of drug-likeness (QED) is 0.808. The Balaban J connectivity index is 0.00000133. The maximum Gasteiger partial charge on any atom is 0.253 e. The highest BCUT2D eigenvalue weighted by Gasteiger charge is 2.41. The Kier molecular flexibility index (Phi) is 4.38. The van der Waals surface area contributed by atoms with Gasteiger partial charge in [0.1, 0.15) is 0 Å². The minimum atomic E-state index is -0.110. The lowest BCUT2D eigenvalue weighted by atomic mass is 9.95. The average molecular weight is 348 g/mol. The molecule has 2 heterocycles. The fourth-order valence-corrected chi connectivity index (χ4v) is 3.16. The molecule has 1 aromatic rings. The molecule has 6 heteroatoms. The van der Waals surface area contributed by atoms with E-state index in [-0.39, 0.29) is 30.5 Å². The third-order valence-electron chi connectivity index (χ3n) is 3.68. The number of nitrogen functional groups attached to an aromatic ring is 1. The van der Waals surface area contributed by atoms with Gasteiger partial charge in [-0.3, -0.25) is 4.79 Å². The highest BCUT2D eigenvalue weighted by Crippen LogP contribution is 2.34. The molecule has 2 saturated heterocycles. The van der Waals surface area contributed by atoms with E-state index >= 15 is 0 Å². The topological polar surface area (TPSA) is 64.4 Å². The normalized spacial score (nSPS) is 27.9. The maximum absolute atomic E-state index is 12.1. The number of hydrogen-bond acceptors (Lipinski definition) is 3. The SMILES string of the molecule is Cl.Nc1cc(Br)ccc1C(=O)NC1CC2CCC1O2. The van der Waals surface area contributed by atoms with Crippen molar-refractivity contribution >= 4 is 39.9 Å². The van der Waals surface area contributed by atoms with Crippen LogP contribution in [0.5, 0.6) is 0 Å². The molecule has 0 aromatic heterocycles. The van der Waals surface area contributed by atoms with Gasteiger partial charge in [0, 0.05) is 10.2 Å². The number of fused-ring (bicyclic) bond motifs is 2. The Hall–Kier alpha value is -0.780. The van der Waals surface area contributed by atoms with Gasteiger partial charge in [-0.1, -0.05) is 15.9 Å². The van der Waals surface area contributed by atoms with E-state index < -0.39 is 0 Å². The van der Waals surface area contributed by atoms with Crippen LogP contribution in [0.1, 0.15) is 29.6 Å². The molecule has 2 aliphatic rings. The van der Waals surface area contributed by atoms with Crippen LogP contribution in [0.2, 0.25) is 0 Å². The van der Waals surface area contributed by atoms with Crippen LogP contribution < -0.4 is 11.1 Å². The Labute approximate surface area is 126 Å². The Morgan fingerprint density at radius 1 is 1.42 bits per heavy atom. The van der Waals surface area contributed by atoms with Crippen LogP contribution in [0.15, 0.2) is 22.7 Å². The second kappa shape index (κ2) is 5.69. The van der Waals surface area contributed by atoms with Crippen molar-refractivity contribution in [2.45, 2.75) is 37.5 Å². The van der Waals surface area contributed by atoms with Gasteiger partial charge in [-0.25, -0.2) is 0 Å². The summed E-state index contributed by atoms with van der Waals surface area (Å²) in [7, 11) is 0. The first-order valence-corrected chi connectivity index (χ1v) is 6.94. The molecule has 2 bridgehead atoms. The lowest BCUT2D eigenvalue weighted by molar-refractivity contribution is 0.0841. The van der Waals surface area contributed by atoms with Gasteiger partial charge in [0.05, 0.1) is 23.8 Å². The highest BCUT2D eigenvalue weighted by atomic mass is 79.9. The largest absolute Gasteiger partial charge is 0.398 e. The van der Waals surface area contributed by atoms with Crippen LogP contribution in [-0.4, -0.2) is 24.2 Å². The van der Waals surface area contributed by atoms with Crippen LogP contribution in [0.4, 0.5) is 5.69 Å². The molecule has 3 atom stereocenters. The van der Waals surface area contributed by atoms with Gasteiger partial charge in [0.2, 0.25) is 0 Å². The molecule has 1 aromatic carbocycles. The van der Waals surface area contributed by atoms with E-state index in [4.69, 9.17) is 10.5 Å². The Morgan fingerprint density at radius 3 is 2.79 bits per heavy atom. The molecule has 3 rings (SSSR count). The standard InChI is InChI=1S/C13H15BrN2O2.ClH/c14-7-1-3-9(10(15)5-7)13(17)16-11-6-8-2-4-12(11)18-8;/h1,3,5,8,11-12H,2,4,6,15H2,(H,16,17);1H. The van der Waals surface area contributed by atoms with Crippen molar-refractivity contribution in [1.82, 2.24) is 5.32 Å². The van der Waals surface area contributed by atoms with Gasteiger partial charge in [0.25, 0.3) is 5.91 Å². The van der Waals surface area contributed by atoms with E-state index in [0.29, 0.717) is 17.4 Å². The second-order valence-corrected chi connectivity index (χ2v) is 5.84. The Morgan fingerprint density at radius 2 is 2.21 bits per heavy atom. The minimum absolute atomic E-state index is 0. The van der Waals surface area contributed by atoms with Gasteiger partial charge in [-0.05, 0) is 37.5 Å². The first-order valence-electron chi connectivity index (χ1n) is 6.15. The van der Waals surface area contributed by atoms with E-state index in [1.807, 2.05) is 6.07 Å². The fourth-order valence-electron chi connectivity index (χ4n) is 2.78. The summed E-state index contributed by atoms with van der Waals surface area (Å²) < 4.78 is 6.59. The summed E-state index contributed by atoms with van der Waals surface area (Å²) in [6.07, 6.45) is 3.62. The first kappa shape index (κ1) is 14.6. The predicted molar refractivity (Wildman–Crippen MR) is 79.6 cm³/mol. The number of benzene rings is 1. The van der Waals surface area contributed by atoms with Crippen molar-refractivity contribution in [2.75, 3.05) is 5.73 Å². The van der Waals surface area contributed by atoms with Gasteiger partial charge in [-0.2, -0.15) is 0 Å². The van der Waals surface area contributed by atoms with Gasteiger partial charge < -0.3 is 15.8 Å². The zero-order valence-electron chi connectivity index (χ0n) is 10.3. The van der Waals surface area contributed by atoms with Gasteiger partial charge in [-0.15, -0.1) is 12.4 Å². The molecule has 3 unspecified atom stereocenters. The number of nitrogens with two attached hydrogens (primary N) is 1. The lowest BCUT2D eigenvalue weighted by Gasteiger charge is -2.20. The number of anilines is 1. The first-order chi connectivity index (χ1) is 8.63. The fraction of sp³-hybridized carbons (Fsp3) is 0.462. The molecule has 0 aliphatic carbocycles. The van der Waals surface area contributed by atoms with Crippen LogP contribution in [0.25, 0.3) is 0 Å². The molecular formula is C13H16BrClN2O2. The van der Waals surface area contributed by atoms with Crippen LogP contribution in [0.3, 0.4) is 0 Å². The molecule has 4 nitrogen and oxygen atoms in total. The monoisotopic (exact) mass is 346 g/mol. The molecule has 0 spiro atoms. The smallest absolute Gasteiger partial charge is 0.253 e. The molecule has 1 amide bonds. The van der Waals surface area contributed by atoms with E-state index in [1.54, 1.807) is 12.1 Å². The number of hydrogen-bond donors (Lipinski definition) is 2. The number of nitrogens with one attached hydrogen (secondary N) is 1. The Bertz CT molecular complexity index is 498. The van der Waals surface area contributed by atoms with E-state index in [2.05, 4.69) is 21.2 Å². The summed E-state index contributed by atoms with van der Waals surface area (Å²) in [5, 5.41) is 3.03. The van der Waals surface area contributed by atoms with Crippen molar-refractivity contribution < 1.29 is 9.53 Å². The lowest BCUT2D eigenvalue weighted by Crippen LogP contribution is -2.41. The number of carbonyl (C=O) groups is 1. The van der Waals surface area contributed by atoms with E-state index in [0.717, 1.165) is 23.7 Å². The number of amides is 1. The molecule has 2 fully saturated rings. The van der Waals surface area contributed by atoms with Gasteiger partial charge >= 0.3 is 0 Å². The summed E-state index contributed by atoms with van der Waals surface area (Å²) in [6, 6.07) is 5.44. The minimum Gasteiger partial charge on any atom is -0.398 e. The number of rotatable bonds is 2. The summed E-state index contributed by atoms with van der Waals surface area (Å²) >= 11 is 3.33.